The zero-order valence-electron chi connectivity index (χ0n) is 14.9. The number of rotatable bonds is 7. The first-order valence-corrected chi connectivity index (χ1v) is 8.10. The van der Waals surface area contributed by atoms with E-state index in [4.69, 9.17) is 14.2 Å². The third-order valence-electron chi connectivity index (χ3n) is 3.78. The Kier molecular flexibility index (Phi) is 5.48. The van der Waals surface area contributed by atoms with E-state index in [-0.39, 0.29) is 5.82 Å². The van der Waals surface area contributed by atoms with Crippen molar-refractivity contribution in [1.29, 1.82) is 0 Å². The van der Waals surface area contributed by atoms with Crippen LogP contribution < -0.4 is 14.8 Å². The number of ether oxygens (including phenoxy) is 3. The van der Waals surface area contributed by atoms with Gasteiger partial charge in [-0.05, 0) is 30.7 Å². The molecular formula is C19H20FN3O3. The third-order valence-corrected chi connectivity index (χ3v) is 3.78. The van der Waals surface area contributed by atoms with Gasteiger partial charge in [-0.3, -0.25) is 0 Å². The summed E-state index contributed by atoms with van der Waals surface area (Å²) in [5, 5.41) is 3.69. The molecule has 0 bridgehead atoms. The average molecular weight is 357 g/mol. The second-order valence-electron chi connectivity index (χ2n) is 5.71. The first kappa shape index (κ1) is 17.9. The van der Waals surface area contributed by atoms with Crippen molar-refractivity contribution in [2.24, 2.45) is 0 Å². The fourth-order valence-electron chi connectivity index (χ4n) is 2.45. The van der Waals surface area contributed by atoms with Crippen LogP contribution in [0, 0.1) is 12.7 Å². The molecular weight excluding hydrogens is 337 g/mol. The van der Waals surface area contributed by atoms with E-state index in [0.29, 0.717) is 41.9 Å². The van der Waals surface area contributed by atoms with Gasteiger partial charge in [0.1, 0.15) is 12.4 Å². The Balaban J connectivity index is 1.91. The Morgan fingerprint density at radius 2 is 1.92 bits per heavy atom. The van der Waals surface area contributed by atoms with Gasteiger partial charge in [-0.1, -0.05) is 6.07 Å². The normalized spacial score (nSPS) is 10.8. The number of aryl methyl sites for hydroxylation is 1. The zero-order chi connectivity index (χ0) is 18.5. The lowest BCUT2D eigenvalue weighted by molar-refractivity contribution is 0.144. The highest BCUT2D eigenvalue weighted by Gasteiger charge is 2.10. The minimum absolute atomic E-state index is 0.299. The molecule has 0 spiro atoms. The van der Waals surface area contributed by atoms with Crippen LogP contribution in [0.1, 0.15) is 5.56 Å². The van der Waals surface area contributed by atoms with Gasteiger partial charge >= 0.3 is 0 Å². The highest BCUT2D eigenvalue weighted by molar-refractivity contribution is 5.83. The minimum Gasteiger partial charge on any atom is -0.493 e. The number of nitrogens with one attached hydrogen (secondary N) is 1. The van der Waals surface area contributed by atoms with Gasteiger partial charge in [-0.15, -0.1) is 0 Å². The van der Waals surface area contributed by atoms with Crippen molar-refractivity contribution in [1.82, 2.24) is 9.97 Å². The molecule has 1 N–H and O–H groups in total. The standard InChI is InChI=1S/C19H20FN3O3/c1-12-4-5-15(14(20)8-12)22-19-21-11-13-9-17(25-3)18(10-16(13)23-19)26-7-6-24-2/h4-5,8-11H,6-7H2,1-3H3,(H,21,22,23). The Morgan fingerprint density at radius 1 is 1.08 bits per heavy atom. The van der Waals surface area contributed by atoms with Crippen LogP contribution in [-0.4, -0.2) is 37.4 Å². The zero-order valence-corrected chi connectivity index (χ0v) is 14.9. The summed E-state index contributed by atoms with van der Waals surface area (Å²) in [6.45, 7) is 2.69. The van der Waals surface area contributed by atoms with Crippen molar-refractivity contribution in [3.63, 3.8) is 0 Å². The van der Waals surface area contributed by atoms with Crippen molar-refractivity contribution in [2.45, 2.75) is 6.92 Å². The first-order valence-electron chi connectivity index (χ1n) is 8.10. The SMILES string of the molecule is COCCOc1cc2nc(Nc3ccc(C)cc3F)ncc2cc1OC. The molecule has 0 aliphatic carbocycles. The van der Waals surface area contributed by atoms with Crippen LogP contribution in [0.5, 0.6) is 11.5 Å². The number of anilines is 2. The molecule has 0 amide bonds. The fraction of sp³-hybridized carbons (Fsp3) is 0.263. The summed E-state index contributed by atoms with van der Waals surface area (Å²) in [5.74, 6) is 1.09. The lowest BCUT2D eigenvalue weighted by Gasteiger charge is -2.12. The molecule has 7 heteroatoms. The van der Waals surface area contributed by atoms with Crippen molar-refractivity contribution < 1.29 is 18.6 Å². The number of benzene rings is 2. The van der Waals surface area contributed by atoms with E-state index < -0.39 is 0 Å². The molecule has 0 aliphatic rings. The predicted octanol–water partition coefficient (Wildman–Crippen LogP) is 3.85. The maximum absolute atomic E-state index is 14.0. The highest BCUT2D eigenvalue weighted by Crippen LogP contribution is 2.32. The molecule has 2 aromatic carbocycles. The maximum atomic E-state index is 14.0. The van der Waals surface area contributed by atoms with E-state index in [9.17, 15) is 4.39 Å². The van der Waals surface area contributed by atoms with Crippen molar-refractivity contribution in [3.8, 4) is 11.5 Å². The van der Waals surface area contributed by atoms with E-state index in [1.807, 2.05) is 13.0 Å². The van der Waals surface area contributed by atoms with Gasteiger partial charge in [0.2, 0.25) is 5.95 Å². The van der Waals surface area contributed by atoms with Crippen LogP contribution in [0.25, 0.3) is 10.9 Å². The summed E-state index contributed by atoms with van der Waals surface area (Å²) in [7, 11) is 3.18. The quantitative estimate of drug-likeness (QED) is 0.648. The number of hydrogen-bond donors (Lipinski definition) is 1. The summed E-state index contributed by atoms with van der Waals surface area (Å²) >= 11 is 0. The summed E-state index contributed by atoms with van der Waals surface area (Å²) in [5.41, 5.74) is 1.82. The third kappa shape index (κ3) is 4.00. The van der Waals surface area contributed by atoms with Crippen LogP contribution in [0.15, 0.2) is 36.5 Å². The smallest absolute Gasteiger partial charge is 0.227 e. The molecule has 1 heterocycles. The number of aromatic nitrogens is 2. The second-order valence-corrected chi connectivity index (χ2v) is 5.71. The molecule has 6 nitrogen and oxygen atoms in total. The maximum Gasteiger partial charge on any atom is 0.227 e. The average Bonchev–Trinajstić information content (AvgIpc) is 2.63. The van der Waals surface area contributed by atoms with Gasteiger partial charge in [0.25, 0.3) is 0 Å². The lowest BCUT2D eigenvalue weighted by Crippen LogP contribution is -2.05. The van der Waals surface area contributed by atoms with E-state index in [1.165, 1.54) is 6.07 Å². The summed E-state index contributed by atoms with van der Waals surface area (Å²) in [6.07, 6.45) is 1.65. The Morgan fingerprint density at radius 3 is 2.65 bits per heavy atom. The van der Waals surface area contributed by atoms with Crippen LogP contribution in [0.4, 0.5) is 16.0 Å². The van der Waals surface area contributed by atoms with E-state index in [0.717, 1.165) is 10.9 Å². The van der Waals surface area contributed by atoms with Crippen molar-refractivity contribution in [2.75, 3.05) is 32.8 Å². The molecule has 3 rings (SSSR count). The highest BCUT2D eigenvalue weighted by atomic mass is 19.1. The van der Waals surface area contributed by atoms with Crippen LogP contribution in [0.3, 0.4) is 0 Å². The number of hydrogen-bond acceptors (Lipinski definition) is 6. The minimum atomic E-state index is -0.355. The number of halogens is 1. The van der Waals surface area contributed by atoms with Gasteiger partial charge in [0.05, 0.1) is 24.9 Å². The molecule has 0 atom stereocenters. The summed E-state index contributed by atoms with van der Waals surface area (Å²) in [6, 6.07) is 8.50. The topological polar surface area (TPSA) is 65.5 Å². The van der Waals surface area contributed by atoms with Gasteiger partial charge in [-0.25, -0.2) is 14.4 Å². The Hall–Kier alpha value is -2.93. The van der Waals surface area contributed by atoms with Gasteiger partial charge < -0.3 is 19.5 Å². The monoisotopic (exact) mass is 357 g/mol. The molecule has 3 aromatic rings. The molecule has 0 unspecified atom stereocenters. The van der Waals surface area contributed by atoms with Crippen LogP contribution >= 0.6 is 0 Å². The van der Waals surface area contributed by atoms with E-state index >= 15 is 0 Å². The molecule has 26 heavy (non-hydrogen) atoms. The van der Waals surface area contributed by atoms with Crippen LogP contribution in [-0.2, 0) is 4.74 Å². The lowest BCUT2D eigenvalue weighted by atomic mass is 10.2. The van der Waals surface area contributed by atoms with Crippen molar-refractivity contribution in [3.05, 3.63) is 47.9 Å². The molecule has 0 saturated heterocycles. The fourth-order valence-corrected chi connectivity index (χ4v) is 2.45. The van der Waals surface area contributed by atoms with Gasteiger partial charge in [0, 0.05) is 24.8 Å². The van der Waals surface area contributed by atoms with Crippen molar-refractivity contribution >= 4 is 22.5 Å². The largest absolute Gasteiger partial charge is 0.493 e. The first-order chi connectivity index (χ1) is 12.6. The molecule has 0 radical (unpaired) electrons. The molecule has 1 aromatic heterocycles. The summed E-state index contributed by atoms with van der Waals surface area (Å²) < 4.78 is 30.0. The number of methoxy groups -OCH3 is 2. The van der Waals surface area contributed by atoms with Gasteiger partial charge in [-0.2, -0.15) is 0 Å². The molecule has 136 valence electrons. The molecule has 0 fully saturated rings. The Bertz CT molecular complexity index is 918. The van der Waals surface area contributed by atoms with E-state index in [1.54, 1.807) is 38.6 Å². The number of fused-ring (bicyclic) bond motifs is 1. The van der Waals surface area contributed by atoms with Gasteiger partial charge in [0.15, 0.2) is 11.5 Å². The Labute approximate surface area is 150 Å². The molecule has 0 aliphatic heterocycles. The second kappa shape index (κ2) is 7.97. The van der Waals surface area contributed by atoms with E-state index in [2.05, 4.69) is 15.3 Å². The molecule has 0 saturated carbocycles. The summed E-state index contributed by atoms with van der Waals surface area (Å²) in [4.78, 5) is 8.68. The van der Waals surface area contributed by atoms with Crippen LogP contribution in [0.2, 0.25) is 0 Å². The predicted molar refractivity (Wildman–Crippen MR) is 97.9 cm³/mol. The number of nitrogens with zero attached hydrogens (tertiary/aromatic N) is 2.